The highest BCUT2D eigenvalue weighted by Crippen LogP contribution is 2.04. The Morgan fingerprint density at radius 1 is 1.43 bits per heavy atom. The summed E-state index contributed by atoms with van der Waals surface area (Å²) in [4.78, 5) is 11.2. The van der Waals surface area contributed by atoms with E-state index in [2.05, 4.69) is 12.2 Å². The monoisotopic (exact) mass is 201 g/mol. The van der Waals surface area contributed by atoms with Crippen LogP contribution in [-0.4, -0.2) is 23.7 Å². The van der Waals surface area contributed by atoms with Gasteiger partial charge in [0.25, 0.3) is 0 Å². The molecular formula is C11H23NO2. The molecule has 2 N–H and O–H groups in total. The van der Waals surface area contributed by atoms with Gasteiger partial charge in [0.05, 0.1) is 6.10 Å². The number of hydrogen-bond acceptors (Lipinski definition) is 2. The molecule has 0 saturated carbocycles. The van der Waals surface area contributed by atoms with Crippen LogP contribution < -0.4 is 5.32 Å². The van der Waals surface area contributed by atoms with E-state index in [1.54, 1.807) is 0 Å². The van der Waals surface area contributed by atoms with Gasteiger partial charge in [-0.25, -0.2) is 0 Å². The third-order valence-electron chi connectivity index (χ3n) is 2.29. The van der Waals surface area contributed by atoms with Crippen LogP contribution in [0.5, 0.6) is 0 Å². The molecule has 0 saturated heterocycles. The van der Waals surface area contributed by atoms with Crippen LogP contribution in [-0.2, 0) is 4.79 Å². The van der Waals surface area contributed by atoms with Crippen LogP contribution in [0.2, 0.25) is 0 Å². The summed E-state index contributed by atoms with van der Waals surface area (Å²) >= 11 is 0. The van der Waals surface area contributed by atoms with Crippen molar-refractivity contribution in [1.82, 2.24) is 5.32 Å². The third kappa shape index (κ3) is 6.89. The van der Waals surface area contributed by atoms with Crippen molar-refractivity contribution in [3.63, 3.8) is 0 Å². The van der Waals surface area contributed by atoms with Crippen molar-refractivity contribution in [3.8, 4) is 0 Å². The largest absolute Gasteiger partial charge is 0.393 e. The van der Waals surface area contributed by atoms with Gasteiger partial charge in [-0.05, 0) is 18.8 Å². The first-order valence-electron chi connectivity index (χ1n) is 5.52. The van der Waals surface area contributed by atoms with E-state index in [-0.39, 0.29) is 17.9 Å². The predicted octanol–water partition coefficient (Wildman–Crippen LogP) is 1.70. The molecule has 0 aromatic rings. The molecule has 0 heterocycles. The molecule has 0 aliphatic heterocycles. The highest BCUT2D eigenvalue weighted by atomic mass is 16.3. The van der Waals surface area contributed by atoms with Gasteiger partial charge in [-0.15, -0.1) is 0 Å². The zero-order chi connectivity index (χ0) is 11.0. The molecule has 0 radical (unpaired) electrons. The summed E-state index contributed by atoms with van der Waals surface area (Å²) in [6.45, 7) is 6.60. The van der Waals surface area contributed by atoms with Crippen LogP contribution in [0.3, 0.4) is 0 Å². The lowest BCUT2D eigenvalue weighted by Gasteiger charge is -2.14. The molecule has 3 heteroatoms. The van der Waals surface area contributed by atoms with Crippen molar-refractivity contribution in [2.45, 2.75) is 52.6 Å². The Morgan fingerprint density at radius 2 is 2.07 bits per heavy atom. The van der Waals surface area contributed by atoms with Crippen molar-refractivity contribution in [2.75, 3.05) is 6.54 Å². The Hall–Kier alpha value is -0.570. The summed E-state index contributed by atoms with van der Waals surface area (Å²) in [6, 6.07) is 0. The molecular weight excluding hydrogens is 178 g/mol. The minimum atomic E-state index is -0.304. The van der Waals surface area contributed by atoms with E-state index >= 15 is 0 Å². The van der Waals surface area contributed by atoms with Crippen LogP contribution >= 0.6 is 0 Å². The lowest BCUT2D eigenvalue weighted by atomic mass is 10.0. The molecule has 14 heavy (non-hydrogen) atoms. The first-order valence-corrected chi connectivity index (χ1v) is 5.52. The van der Waals surface area contributed by atoms with Crippen LogP contribution in [0.25, 0.3) is 0 Å². The van der Waals surface area contributed by atoms with E-state index in [0.29, 0.717) is 19.4 Å². The Kier molecular flexibility index (Phi) is 7.48. The van der Waals surface area contributed by atoms with Crippen molar-refractivity contribution < 1.29 is 9.90 Å². The molecule has 0 aromatic carbocycles. The fourth-order valence-electron chi connectivity index (χ4n) is 1.12. The topological polar surface area (TPSA) is 49.3 Å². The fourth-order valence-corrected chi connectivity index (χ4v) is 1.12. The van der Waals surface area contributed by atoms with Crippen LogP contribution in [0, 0.1) is 5.92 Å². The zero-order valence-electron chi connectivity index (χ0n) is 9.55. The van der Waals surface area contributed by atoms with Crippen LogP contribution in [0.4, 0.5) is 0 Å². The summed E-state index contributed by atoms with van der Waals surface area (Å²) in [5.74, 6) is 0.366. The van der Waals surface area contributed by atoms with Gasteiger partial charge in [-0.1, -0.05) is 27.2 Å². The predicted molar refractivity (Wildman–Crippen MR) is 58.0 cm³/mol. The second kappa shape index (κ2) is 7.80. The van der Waals surface area contributed by atoms with Crippen LogP contribution in [0.15, 0.2) is 0 Å². The van der Waals surface area contributed by atoms with E-state index in [4.69, 9.17) is 0 Å². The minimum absolute atomic E-state index is 0.0998. The molecule has 0 bridgehead atoms. The highest BCUT2D eigenvalue weighted by molar-refractivity contribution is 5.75. The summed E-state index contributed by atoms with van der Waals surface area (Å²) < 4.78 is 0. The number of carbonyl (C=O) groups excluding carboxylic acids is 1. The van der Waals surface area contributed by atoms with Crippen LogP contribution in [0.1, 0.15) is 46.5 Å². The van der Waals surface area contributed by atoms with Gasteiger partial charge in [-0.3, -0.25) is 4.79 Å². The lowest BCUT2D eigenvalue weighted by Crippen LogP contribution is -2.28. The number of aliphatic hydroxyl groups is 1. The number of hydrogen-bond donors (Lipinski definition) is 2. The molecule has 3 nitrogen and oxygen atoms in total. The molecule has 0 rings (SSSR count). The average Bonchev–Trinajstić information content (AvgIpc) is 2.14. The smallest absolute Gasteiger partial charge is 0.219 e. The summed E-state index contributed by atoms with van der Waals surface area (Å²) in [5, 5.41) is 12.3. The van der Waals surface area contributed by atoms with Gasteiger partial charge in [0.2, 0.25) is 5.91 Å². The fraction of sp³-hybridized carbons (Fsp3) is 0.909. The van der Waals surface area contributed by atoms with Crippen molar-refractivity contribution in [1.29, 1.82) is 0 Å². The quantitative estimate of drug-likeness (QED) is 0.658. The van der Waals surface area contributed by atoms with E-state index in [9.17, 15) is 9.90 Å². The van der Waals surface area contributed by atoms with Gasteiger partial charge >= 0.3 is 0 Å². The molecule has 0 aliphatic carbocycles. The Morgan fingerprint density at radius 3 is 2.57 bits per heavy atom. The number of aliphatic hydroxyl groups excluding tert-OH is 1. The van der Waals surface area contributed by atoms with Gasteiger partial charge in [0.15, 0.2) is 0 Å². The molecule has 0 fully saturated rings. The Labute approximate surface area is 86.9 Å². The first-order chi connectivity index (χ1) is 6.57. The number of nitrogens with one attached hydrogen (secondary N) is 1. The van der Waals surface area contributed by atoms with E-state index in [1.807, 2.05) is 13.8 Å². The second-order valence-corrected chi connectivity index (χ2v) is 4.05. The molecule has 0 aromatic heterocycles. The molecule has 1 amide bonds. The average molecular weight is 201 g/mol. The molecule has 84 valence electrons. The molecule has 1 unspecified atom stereocenters. The maximum Gasteiger partial charge on any atom is 0.219 e. The number of unbranched alkanes of at least 4 members (excludes halogenated alkanes) is 1. The third-order valence-corrected chi connectivity index (χ3v) is 2.29. The number of rotatable bonds is 7. The van der Waals surface area contributed by atoms with Crippen molar-refractivity contribution >= 4 is 5.91 Å². The zero-order valence-corrected chi connectivity index (χ0v) is 9.55. The van der Waals surface area contributed by atoms with Crippen molar-refractivity contribution in [3.05, 3.63) is 0 Å². The maximum atomic E-state index is 11.2. The first kappa shape index (κ1) is 13.4. The van der Waals surface area contributed by atoms with E-state index in [0.717, 1.165) is 12.8 Å². The summed E-state index contributed by atoms with van der Waals surface area (Å²) in [7, 11) is 0. The molecule has 0 spiro atoms. The van der Waals surface area contributed by atoms with Gasteiger partial charge in [0, 0.05) is 13.0 Å². The van der Waals surface area contributed by atoms with E-state index < -0.39 is 0 Å². The number of carbonyl (C=O) groups is 1. The molecule has 0 aliphatic rings. The minimum Gasteiger partial charge on any atom is -0.393 e. The van der Waals surface area contributed by atoms with Crippen molar-refractivity contribution in [2.24, 2.45) is 5.92 Å². The summed E-state index contributed by atoms with van der Waals surface area (Å²) in [6.07, 6.45) is 2.94. The van der Waals surface area contributed by atoms with Gasteiger partial charge in [-0.2, -0.15) is 0 Å². The standard InChI is InChI=1S/C11H23NO2/c1-4-5-6-11(14)12-8-7-10(13)9(2)3/h9-10,13H,4-8H2,1-3H3,(H,12,14). The molecule has 1 atom stereocenters. The Balaban J connectivity index is 3.39. The lowest BCUT2D eigenvalue weighted by molar-refractivity contribution is -0.121. The second-order valence-electron chi connectivity index (χ2n) is 4.05. The summed E-state index contributed by atoms with van der Waals surface area (Å²) in [5.41, 5.74) is 0. The highest BCUT2D eigenvalue weighted by Gasteiger charge is 2.08. The normalized spacial score (nSPS) is 12.9. The number of amides is 1. The van der Waals surface area contributed by atoms with Gasteiger partial charge < -0.3 is 10.4 Å². The van der Waals surface area contributed by atoms with E-state index in [1.165, 1.54) is 0 Å². The Bertz CT molecular complexity index is 157. The SMILES string of the molecule is CCCCC(=O)NCCC(O)C(C)C. The maximum absolute atomic E-state index is 11.2. The van der Waals surface area contributed by atoms with Gasteiger partial charge in [0.1, 0.15) is 0 Å².